The molecule has 2 amide bonds. The van der Waals surface area contributed by atoms with Crippen molar-refractivity contribution in [2.75, 3.05) is 6.54 Å². The predicted molar refractivity (Wildman–Crippen MR) is 124 cm³/mol. The average molecular weight is 435 g/mol. The molecule has 2 heterocycles. The van der Waals surface area contributed by atoms with Crippen LogP contribution in [0.2, 0.25) is 0 Å². The van der Waals surface area contributed by atoms with Crippen molar-refractivity contribution in [1.29, 1.82) is 0 Å². The maximum atomic E-state index is 13.5. The molecule has 0 saturated heterocycles. The maximum absolute atomic E-state index is 13.5. The van der Waals surface area contributed by atoms with Crippen LogP contribution in [0.3, 0.4) is 0 Å². The number of carbonyl (C=O) groups excluding carboxylic acids is 2. The van der Waals surface area contributed by atoms with E-state index in [9.17, 15) is 9.59 Å². The molecule has 3 aliphatic rings. The number of carbonyl (C=O) groups is 2. The molecule has 32 heavy (non-hydrogen) atoms. The molecule has 1 N–H and O–H groups in total. The Morgan fingerprint density at radius 3 is 2.50 bits per heavy atom. The predicted octanol–water partition coefficient (Wildman–Crippen LogP) is 4.25. The summed E-state index contributed by atoms with van der Waals surface area (Å²) in [5.74, 6) is 1.75. The van der Waals surface area contributed by atoms with Crippen LogP contribution in [-0.4, -0.2) is 38.9 Å². The largest absolute Gasteiger partial charge is 0.347 e. The van der Waals surface area contributed by atoms with Gasteiger partial charge >= 0.3 is 0 Å². The van der Waals surface area contributed by atoms with Gasteiger partial charge in [0.1, 0.15) is 5.82 Å². The van der Waals surface area contributed by atoms with E-state index in [4.69, 9.17) is 4.98 Å². The Hall–Kier alpha value is -2.63. The number of nitrogens with zero attached hydrogens (tertiary/aromatic N) is 3. The summed E-state index contributed by atoms with van der Waals surface area (Å²) < 4.78 is 2.15. The number of rotatable bonds is 5. The van der Waals surface area contributed by atoms with Crippen molar-refractivity contribution in [1.82, 2.24) is 19.8 Å². The lowest BCUT2D eigenvalue weighted by atomic mass is 9.78. The smallest absolute Gasteiger partial charge is 0.272 e. The van der Waals surface area contributed by atoms with Crippen molar-refractivity contribution in [3.63, 3.8) is 0 Å². The molecule has 2 aliphatic carbocycles. The fourth-order valence-electron chi connectivity index (χ4n) is 5.75. The maximum Gasteiger partial charge on any atom is 0.272 e. The molecule has 6 nitrogen and oxygen atoms in total. The van der Waals surface area contributed by atoms with Gasteiger partial charge < -0.3 is 14.8 Å². The van der Waals surface area contributed by atoms with Crippen LogP contribution in [0.15, 0.2) is 30.3 Å². The van der Waals surface area contributed by atoms with E-state index in [2.05, 4.69) is 30.7 Å². The summed E-state index contributed by atoms with van der Waals surface area (Å²) in [5, 5.41) is 3.33. The second-order valence-electron chi connectivity index (χ2n) is 10.3. The molecule has 5 rings (SSSR count). The summed E-state index contributed by atoms with van der Waals surface area (Å²) in [7, 11) is 0. The van der Waals surface area contributed by atoms with Crippen molar-refractivity contribution in [2.45, 2.75) is 72.0 Å². The molecule has 6 heteroatoms. The zero-order valence-electron chi connectivity index (χ0n) is 19.4. The van der Waals surface area contributed by atoms with E-state index in [0.29, 0.717) is 31.2 Å². The van der Waals surface area contributed by atoms with Gasteiger partial charge in [-0.05, 0) is 37.0 Å². The first-order valence-electron chi connectivity index (χ1n) is 12.1. The van der Waals surface area contributed by atoms with Crippen LogP contribution in [0.1, 0.15) is 69.1 Å². The number of hydrogen-bond acceptors (Lipinski definition) is 3. The van der Waals surface area contributed by atoms with Gasteiger partial charge in [0.15, 0.2) is 5.69 Å². The van der Waals surface area contributed by atoms with E-state index < -0.39 is 0 Å². The summed E-state index contributed by atoms with van der Waals surface area (Å²) in [6, 6.07) is 10.2. The van der Waals surface area contributed by atoms with Crippen molar-refractivity contribution >= 4 is 11.8 Å². The van der Waals surface area contributed by atoms with Gasteiger partial charge in [0.2, 0.25) is 5.91 Å². The zero-order valence-corrected chi connectivity index (χ0v) is 19.4. The van der Waals surface area contributed by atoms with Crippen molar-refractivity contribution in [3.05, 3.63) is 41.7 Å². The normalized spacial score (nSPS) is 24.3. The van der Waals surface area contributed by atoms with Gasteiger partial charge in [-0.3, -0.25) is 9.59 Å². The Morgan fingerprint density at radius 2 is 1.84 bits per heavy atom. The lowest BCUT2D eigenvalue weighted by Gasteiger charge is -2.33. The van der Waals surface area contributed by atoms with Gasteiger partial charge in [-0.1, -0.05) is 57.5 Å². The molecular formula is C26H34N4O2. The number of nitrogens with one attached hydrogen (secondary N) is 1. The minimum absolute atomic E-state index is 0.0699. The lowest BCUT2D eigenvalue weighted by Crippen LogP contribution is -2.44. The van der Waals surface area contributed by atoms with E-state index in [1.165, 1.54) is 0 Å². The molecule has 2 fully saturated rings. The Balaban J connectivity index is 1.47. The topological polar surface area (TPSA) is 67.2 Å². The van der Waals surface area contributed by atoms with Gasteiger partial charge in [-0.25, -0.2) is 4.98 Å². The molecule has 0 spiro atoms. The second kappa shape index (κ2) is 8.05. The molecule has 1 aliphatic heterocycles. The Morgan fingerprint density at radius 1 is 1.09 bits per heavy atom. The lowest BCUT2D eigenvalue weighted by molar-refractivity contribution is -0.134. The first-order chi connectivity index (χ1) is 15.4. The minimum atomic E-state index is -0.105. The molecule has 0 radical (unpaired) electrons. The van der Waals surface area contributed by atoms with Crippen LogP contribution in [-0.2, 0) is 17.9 Å². The van der Waals surface area contributed by atoms with Gasteiger partial charge in [0.25, 0.3) is 5.91 Å². The summed E-state index contributed by atoms with van der Waals surface area (Å²) in [5.41, 5.74) is 2.42. The molecule has 170 valence electrons. The SMILES string of the molecule is CCC1CCC(NC(=O)c2nc(-c3ccccc3)n3c2CN(C(=O)C2CC2)CC3)C1(C)C. The summed E-state index contributed by atoms with van der Waals surface area (Å²) in [4.78, 5) is 33.1. The molecule has 2 aromatic rings. The fraction of sp³-hybridized carbons (Fsp3) is 0.577. The Bertz CT molecular complexity index is 1020. The van der Waals surface area contributed by atoms with Crippen LogP contribution in [0.4, 0.5) is 0 Å². The molecule has 0 bridgehead atoms. The van der Waals surface area contributed by atoms with E-state index in [1.54, 1.807) is 0 Å². The standard InChI is InChI=1S/C26H34N4O2/c1-4-19-12-13-21(26(19,2)3)27-24(31)22-20-16-29(25(32)18-10-11-18)14-15-30(20)23(28-22)17-8-6-5-7-9-17/h5-9,18-19,21H,4,10-16H2,1-3H3,(H,27,31). The number of hydrogen-bond donors (Lipinski definition) is 1. The summed E-state index contributed by atoms with van der Waals surface area (Å²) in [6.45, 7) is 8.59. The fourth-order valence-corrected chi connectivity index (χ4v) is 5.75. The second-order valence-corrected chi connectivity index (χ2v) is 10.3. The summed E-state index contributed by atoms with van der Waals surface area (Å²) >= 11 is 0. The third-order valence-electron chi connectivity index (χ3n) is 8.04. The highest BCUT2D eigenvalue weighted by atomic mass is 16.2. The highest BCUT2D eigenvalue weighted by Crippen LogP contribution is 2.44. The molecule has 1 aromatic carbocycles. The van der Waals surface area contributed by atoms with E-state index >= 15 is 0 Å². The Labute approximate surface area is 190 Å². The minimum Gasteiger partial charge on any atom is -0.347 e. The molecule has 1 aromatic heterocycles. The number of amides is 2. The first kappa shape index (κ1) is 21.2. The molecule has 2 unspecified atom stereocenters. The monoisotopic (exact) mass is 434 g/mol. The van der Waals surface area contributed by atoms with Gasteiger partial charge in [-0.2, -0.15) is 0 Å². The van der Waals surface area contributed by atoms with E-state index in [1.807, 2.05) is 35.2 Å². The number of benzene rings is 1. The third-order valence-corrected chi connectivity index (χ3v) is 8.04. The van der Waals surface area contributed by atoms with Gasteiger partial charge in [0, 0.05) is 30.6 Å². The van der Waals surface area contributed by atoms with Gasteiger partial charge in [0.05, 0.1) is 12.2 Å². The van der Waals surface area contributed by atoms with Crippen molar-refractivity contribution in [3.8, 4) is 11.4 Å². The number of imidazole rings is 1. The van der Waals surface area contributed by atoms with E-state index in [-0.39, 0.29) is 29.2 Å². The van der Waals surface area contributed by atoms with Crippen LogP contribution in [0.5, 0.6) is 0 Å². The van der Waals surface area contributed by atoms with Crippen molar-refractivity contribution in [2.24, 2.45) is 17.3 Å². The first-order valence-corrected chi connectivity index (χ1v) is 12.1. The van der Waals surface area contributed by atoms with Crippen LogP contribution >= 0.6 is 0 Å². The quantitative estimate of drug-likeness (QED) is 0.765. The molecule has 2 atom stereocenters. The van der Waals surface area contributed by atoms with Crippen LogP contribution < -0.4 is 5.32 Å². The zero-order chi connectivity index (χ0) is 22.5. The number of aromatic nitrogens is 2. The summed E-state index contributed by atoms with van der Waals surface area (Å²) in [6.07, 6.45) is 5.27. The van der Waals surface area contributed by atoms with Crippen LogP contribution in [0, 0.1) is 17.3 Å². The molecule has 2 saturated carbocycles. The molecular weight excluding hydrogens is 400 g/mol. The number of fused-ring (bicyclic) bond motifs is 1. The van der Waals surface area contributed by atoms with Crippen LogP contribution in [0.25, 0.3) is 11.4 Å². The van der Waals surface area contributed by atoms with Crippen molar-refractivity contribution < 1.29 is 9.59 Å². The van der Waals surface area contributed by atoms with E-state index in [0.717, 1.165) is 49.2 Å². The highest BCUT2D eigenvalue weighted by molar-refractivity contribution is 5.95. The van der Waals surface area contributed by atoms with Gasteiger partial charge in [-0.15, -0.1) is 0 Å². The highest BCUT2D eigenvalue weighted by Gasteiger charge is 2.43. The average Bonchev–Trinajstić information content (AvgIpc) is 3.52. The Kier molecular flexibility index (Phi) is 5.34. The third kappa shape index (κ3) is 3.63.